The summed E-state index contributed by atoms with van der Waals surface area (Å²) < 4.78 is 28.4. The lowest BCUT2D eigenvalue weighted by atomic mass is 10.1. The smallest absolute Gasteiger partial charge is 0.191 e. The molecule has 0 amide bonds. The van der Waals surface area contributed by atoms with Crippen LogP contribution in [-0.4, -0.2) is 30.9 Å². The van der Waals surface area contributed by atoms with Crippen LogP contribution in [0, 0.1) is 11.6 Å². The van der Waals surface area contributed by atoms with E-state index in [0.717, 1.165) is 30.3 Å². The van der Waals surface area contributed by atoms with Crippen LogP contribution in [0.5, 0.6) is 0 Å². The summed E-state index contributed by atoms with van der Waals surface area (Å²) in [5.41, 5.74) is -0.157. The Balaban J connectivity index is 2.20. The molecular weight excluding hydrogens is 324 g/mol. The number of benzene rings is 1. The Labute approximate surface area is 136 Å². The van der Waals surface area contributed by atoms with Crippen LogP contribution in [0.2, 0.25) is 0 Å². The number of aromatic nitrogens is 3. The minimum Gasteiger partial charge on any atom is -0.388 e. The molecule has 1 N–H and O–H groups in total. The fourth-order valence-corrected chi connectivity index (χ4v) is 3.05. The highest BCUT2D eigenvalue weighted by atomic mass is 32.2. The van der Waals surface area contributed by atoms with Gasteiger partial charge in [0.2, 0.25) is 0 Å². The van der Waals surface area contributed by atoms with Gasteiger partial charge >= 0.3 is 0 Å². The van der Waals surface area contributed by atoms with Crippen LogP contribution in [0.15, 0.2) is 23.4 Å². The van der Waals surface area contributed by atoms with Crippen molar-refractivity contribution >= 4 is 17.5 Å². The molecule has 1 unspecified atom stereocenters. The molecule has 8 heteroatoms. The Morgan fingerprint density at radius 3 is 2.74 bits per heavy atom. The molecule has 0 spiro atoms. The number of nitrogens with zero attached hydrogens (tertiary/aromatic N) is 3. The minimum absolute atomic E-state index is 0.157. The van der Waals surface area contributed by atoms with E-state index in [0.29, 0.717) is 23.6 Å². The minimum atomic E-state index is -0.881. The molecule has 2 aromatic rings. The second-order valence-electron chi connectivity index (χ2n) is 4.96. The SMILES string of the molecule is CCCn1c(CO)nnc1SC(C)C(=O)c1ccc(F)cc1F. The van der Waals surface area contributed by atoms with Gasteiger partial charge in [-0.15, -0.1) is 10.2 Å². The molecule has 1 heterocycles. The first-order valence-electron chi connectivity index (χ1n) is 7.16. The van der Waals surface area contributed by atoms with E-state index < -0.39 is 22.7 Å². The number of hydrogen-bond acceptors (Lipinski definition) is 5. The molecule has 1 aromatic heterocycles. The van der Waals surface area contributed by atoms with Gasteiger partial charge in [0, 0.05) is 12.6 Å². The zero-order valence-electron chi connectivity index (χ0n) is 12.8. The molecular formula is C15H17F2N3O2S. The molecule has 0 bridgehead atoms. The normalized spacial score (nSPS) is 12.4. The number of thioether (sulfide) groups is 1. The van der Waals surface area contributed by atoms with Crippen LogP contribution < -0.4 is 0 Å². The van der Waals surface area contributed by atoms with E-state index in [4.69, 9.17) is 0 Å². The number of halogens is 2. The third kappa shape index (κ3) is 3.94. The highest BCUT2D eigenvalue weighted by Crippen LogP contribution is 2.26. The molecule has 0 aliphatic heterocycles. The maximum atomic E-state index is 13.7. The van der Waals surface area contributed by atoms with Gasteiger partial charge in [0.1, 0.15) is 18.2 Å². The van der Waals surface area contributed by atoms with E-state index in [-0.39, 0.29) is 12.2 Å². The van der Waals surface area contributed by atoms with Crippen LogP contribution in [-0.2, 0) is 13.2 Å². The Kier molecular flexibility index (Phi) is 5.84. The Morgan fingerprint density at radius 2 is 2.13 bits per heavy atom. The first kappa shape index (κ1) is 17.6. The predicted molar refractivity (Wildman–Crippen MR) is 82.2 cm³/mol. The van der Waals surface area contributed by atoms with Gasteiger partial charge in [-0.1, -0.05) is 18.7 Å². The summed E-state index contributed by atoms with van der Waals surface area (Å²) in [6.45, 7) is 3.96. The number of ketones is 1. The summed E-state index contributed by atoms with van der Waals surface area (Å²) in [5.74, 6) is -1.64. The molecule has 0 saturated carbocycles. The summed E-state index contributed by atoms with van der Waals surface area (Å²) in [4.78, 5) is 12.3. The second kappa shape index (κ2) is 7.65. The van der Waals surface area contributed by atoms with E-state index in [1.54, 1.807) is 11.5 Å². The first-order valence-corrected chi connectivity index (χ1v) is 8.04. The average molecular weight is 341 g/mol. The Morgan fingerprint density at radius 1 is 1.39 bits per heavy atom. The molecule has 0 aliphatic rings. The maximum Gasteiger partial charge on any atom is 0.191 e. The lowest BCUT2D eigenvalue weighted by Gasteiger charge is -2.12. The van der Waals surface area contributed by atoms with Crippen molar-refractivity contribution in [1.29, 1.82) is 0 Å². The summed E-state index contributed by atoms with van der Waals surface area (Å²) >= 11 is 1.13. The topological polar surface area (TPSA) is 68.0 Å². The maximum absolute atomic E-state index is 13.7. The Bertz CT molecular complexity index is 706. The summed E-state index contributed by atoms with van der Waals surface area (Å²) in [5, 5.41) is 17.0. The molecule has 5 nitrogen and oxygen atoms in total. The number of aliphatic hydroxyl groups excluding tert-OH is 1. The monoisotopic (exact) mass is 341 g/mol. The van der Waals surface area contributed by atoms with Crippen LogP contribution in [0.25, 0.3) is 0 Å². The zero-order valence-corrected chi connectivity index (χ0v) is 13.6. The van der Waals surface area contributed by atoms with Crippen molar-refractivity contribution in [3.8, 4) is 0 Å². The molecule has 124 valence electrons. The number of carbonyl (C=O) groups is 1. The number of aliphatic hydroxyl groups is 1. The van der Waals surface area contributed by atoms with Gasteiger partial charge in [-0.3, -0.25) is 4.79 Å². The first-order chi connectivity index (χ1) is 11.0. The fourth-order valence-electron chi connectivity index (χ4n) is 2.09. The molecule has 0 radical (unpaired) electrons. The predicted octanol–water partition coefficient (Wildman–Crippen LogP) is 2.82. The van der Waals surface area contributed by atoms with Crippen molar-refractivity contribution in [1.82, 2.24) is 14.8 Å². The van der Waals surface area contributed by atoms with Gasteiger partial charge in [-0.2, -0.15) is 0 Å². The van der Waals surface area contributed by atoms with Crippen LogP contribution in [0.3, 0.4) is 0 Å². The molecule has 0 aliphatic carbocycles. The van der Waals surface area contributed by atoms with E-state index in [2.05, 4.69) is 10.2 Å². The number of Topliss-reactive ketones (excluding diaryl/α,β-unsaturated/α-hetero) is 1. The zero-order chi connectivity index (χ0) is 17.0. The summed E-state index contributed by atoms with van der Waals surface area (Å²) in [6.07, 6.45) is 0.813. The molecule has 0 fully saturated rings. The average Bonchev–Trinajstić information content (AvgIpc) is 2.89. The lowest BCUT2D eigenvalue weighted by molar-refractivity contribution is 0.0990. The van der Waals surface area contributed by atoms with Gasteiger partial charge in [-0.05, 0) is 25.5 Å². The van der Waals surface area contributed by atoms with Crippen molar-refractivity contribution in [3.63, 3.8) is 0 Å². The highest BCUT2D eigenvalue weighted by Gasteiger charge is 2.23. The van der Waals surface area contributed by atoms with Gasteiger partial charge in [0.25, 0.3) is 0 Å². The van der Waals surface area contributed by atoms with Crippen LogP contribution in [0.1, 0.15) is 36.5 Å². The van der Waals surface area contributed by atoms with Crippen molar-refractivity contribution in [2.45, 2.75) is 43.8 Å². The fraction of sp³-hybridized carbons (Fsp3) is 0.400. The molecule has 1 aromatic carbocycles. The van der Waals surface area contributed by atoms with Crippen molar-refractivity contribution in [2.75, 3.05) is 0 Å². The van der Waals surface area contributed by atoms with E-state index in [9.17, 15) is 18.7 Å². The standard InChI is InChI=1S/C15H17F2N3O2S/c1-3-6-20-13(8-21)18-19-15(20)23-9(2)14(22)11-5-4-10(16)7-12(11)17/h4-5,7,9,21H,3,6,8H2,1-2H3. The highest BCUT2D eigenvalue weighted by molar-refractivity contribution is 8.00. The van der Waals surface area contributed by atoms with E-state index >= 15 is 0 Å². The largest absolute Gasteiger partial charge is 0.388 e. The quantitative estimate of drug-likeness (QED) is 0.619. The summed E-state index contributed by atoms with van der Waals surface area (Å²) in [6, 6.07) is 2.88. The molecule has 23 heavy (non-hydrogen) atoms. The van der Waals surface area contributed by atoms with Crippen LogP contribution >= 0.6 is 11.8 Å². The van der Waals surface area contributed by atoms with Gasteiger partial charge < -0.3 is 9.67 Å². The Hall–Kier alpha value is -1.80. The summed E-state index contributed by atoms with van der Waals surface area (Å²) in [7, 11) is 0. The molecule has 2 rings (SSSR count). The van der Waals surface area contributed by atoms with Gasteiger partial charge in [0.15, 0.2) is 16.8 Å². The molecule has 0 saturated heterocycles. The van der Waals surface area contributed by atoms with Crippen molar-refractivity contribution in [3.05, 3.63) is 41.2 Å². The van der Waals surface area contributed by atoms with Gasteiger partial charge in [-0.25, -0.2) is 8.78 Å². The van der Waals surface area contributed by atoms with Gasteiger partial charge in [0.05, 0.1) is 10.8 Å². The van der Waals surface area contributed by atoms with Crippen molar-refractivity contribution < 1.29 is 18.7 Å². The van der Waals surface area contributed by atoms with Crippen LogP contribution in [0.4, 0.5) is 8.78 Å². The van der Waals surface area contributed by atoms with E-state index in [1.807, 2.05) is 6.92 Å². The molecule has 1 atom stereocenters. The third-order valence-corrected chi connectivity index (χ3v) is 4.31. The van der Waals surface area contributed by atoms with Crippen molar-refractivity contribution in [2.24, 2.45) is 0 Å². The number of carbonyl (C=O) groups excluding carboxylic acids is 1. The second-order valence-corrected chi connectivity index (χ2v) is 6.27. The number of rotatable bonds is 7. The third-order valence-electron chi connectivity index (χ3n) is 3.23. The van der Waals surface area contributed by atoms with E-state index in [1.165, 1.54) is 0 Å². The number of hydrogen-bond donors (Lipinski definition) is 1. The lowest BCUT2D eigenvalue weighted by Crippen LogP contribution is -2.16.